The van der Waals surface area contributed by atoms with Crippen molar-refractivity contribution in [3.05, 3.63) is 40.6 Å². The van der Waals surface area contributed by atoms with Crippen LogP contribution in [-0.2, 0) is 19.1 Å². The highest BCUT2D eigenvalue weighted by molar-refractivity contribution is 6.33. The van der Waals surface area contributed by atoms with Crippen molar-refractivity contribution in [1.29, 1.82) is 0 Å². The van der Waals surface area contributed by atoms with Crippen LogP contribution in [0.25, 0.3) is 0 Å². The van der Waals surface area contributed by atoms with Crippen molar-refractivity contribution in [3.8, 4) is 0 Å². The molecular weight excluding hydrogens is 360 g/mol. The molecule has 2 heterocycles. The lowest BCUT2D eigenvalue weighted by molar-refractivity contribution is -0.222. The maximum atomic E-state index is 12.5. The number of anilines is 1. The molecule has 1 aromatic carbocycles. The number of esters is 2. The molecule has 2 saturated heterocycles. The third kappa shape index (κ3) is 3.83. The van der Waals surface area contributed by atoms with Crippen LogP contribution in [0.2, 0.25) is 5.02 Å². The second kappa shape index (κ2) is 6.99. The van der Waals surface area contributed by atoms with Gasteiger partial charge in [0, 0.05) is 38.7 Å². The second-order valence-electron chi connectivity index (χ2n) is 6.58. The first-order valence-corrected chi connectivity index (χ1v) is 8.67. The number of nitrogens with zero attached hydrogens (tertiary/aromatic N) is 1. The van der Waals surface area contributed by atoms with E-state index in [0.29, 0.717) is 16.3 Å². The third-order valence-corrected chi connectivity index (χ3v) is 4.42. The van der Waals surface area contributed by atoms with Gasteiger partial charge in [0.15, 0.2) is 5.57 Å². The van der Waals surface area contributed by atoms with E-state index in [1.54, 1.807) is 23.1 Å². The van der Waals surface area contributed by atoms with Gasteiger partial charge in [0.05, 0.1) is 10.7 Å². The fourth-order valence-corrected chi connectivity index (χ4v) is 2.97. The van der Waals surface area contributed by atoms with Crippen LogP contribution in [0.3, 0.4) is 0 Å². The van der Waals surface area contributed by atoms with Crippen LogP contribution >= 0.6 is 11.6 Å². The number of carbonyl (C=O) groups excluding carboxylic acids is 3. The molecule has 0 atom stereocenters. The summed E-state index contributed by atoms with van der Waals surface area (Å²) in [6.07, 6.45) is 3.17. The SMILES string of the molecule is CC1(C)OC(=O)C(=CNc2cc(C(=O)N3CCCC3)ccc2Cl)C(=O)O1. The summed E-state index contributed by atoms with van der Waals surface area (Å²) in [7, 11) is 0. The average Bonchev–Trinajstić information content (AvgIpc) is 3.08. The number of rotatable bonds is 3. The first-order valence-electron chi connectivity index (χ1n) is 8.29. The molecular formula is C18H19ClN2O5. The number of hydrogen-bond donors (Lipinski definition) is 1. The van der Waals surface area contributed by atoms with Crippen molar-refractivity contribution < 1.29 is 23.9 Å². The molecule has 7 nitrogen and oxygen atoms in total. The minimum Gasteiger partial charge on any atom is -0.419 e. The van der Waals surface area contributed by atoms with E-state index in [0.717, 1.165) is 25.9 Å². The zero-order valence-corrected chi connectivity index (χ0v) is 15.3. The van der Waals surface area contributed by atoms with Crippen molar-refractivity contribution in [3.63, 3.8) is 0 Å². The van der Waals surface area contributed by atoms with Crippen molar-refractivity contribution in [2.24, 2.45) is 0 Å². The number of hydrogen-bond acceptors (Lipinski definition) is 6. The molecule has 3 rings (SSSR count). The summed E-state index contributed by atoms with van der Waals surface area (Å²) in [5.41, 5.74) is 0.596. The molecule has 2 aliphatic rings. The van der Waals surface area contributed by atoms with Crippen molar-refractivity contribution in [2.45, 2.75) is 32.5 Å². The molecule has 26 heavy (non-hydrogen) atoms. The van der Waals surface area contributed by atoms with Crippen LogP contribution in [-0.4, -0.2) is 41.6 Å². The standard InChI is InChI=1S/C18H19ClN2O5/c1-18(2)25-16(23)12(17(24)26-18)10-20-14-9-11(5-6-13(14)19)15(22)21-7-3-4-8-21/h5-6,9-10,20H,3-4,7-8H2,1-2H3. The number of amides is 1. The van der Waals surface area contributed by atoms with Crippen LogP contribution in [0.1, 0.15) is 37.0 Å². The topological polar surface area (TPSA) is 84.9 Å². The lowest BCUT2D eigenvalue weighted by atomic mass is 10.1. The molecule has 2 fully saturated rings. The zero-order chi connectivity index (χ0) is 18.9. The summed E-state index contributed by atoms with van der Waals surface area (Å²) in [6, 6.07) is 4.82. The highest BCUT2D eigenvalue weighted by Crippen LogP contribution is 2.26. The van der Waals surface area contributed by atoms with Gasteiger partial charge in [-0.2, -0.15) is 0 Å². The Morgan fingerprint density at radius 1 is 1.19 bits per heavy atom. The molecule has 0 aliphatic carbocycles. The van der Waals surface area contributed by atoms with Gasteiger partial charge >= 0.3 is 11.9 Å². The third-order valence-electron chi connectivity index (χ3n) is 4.10. The van der Waals surface area contributed by atoms with E-state index < -0.39 is 17.7 Å². The Kier molecular flexibility index (Phi) is 4.91. The molecule has 1 aromatic rings. The number of likely N-dealkylation sites (tertiary alicyclic amines) is 1. The summed E-state index contributed by atoms with van der Waals surface area (Å²) >= 11 is 6.15. The summed E-state index contributed by atoms with van der Waals surface area (Å²) in [5, 5.41) is 3.14. The maximum absolute atomic E-state index is 12.5. The van der Waals surface area contributed by atoms with E-state index in [-0.39, 0.29) is 11.5 Å². The Labute approximate surface area is 155 Å². The van der Waals surface area contributed by atoms with Gasteiger partial charge in [0.1, 0.15) is 0 Å². The lowest BCUT2D eigenvalue weighted by Crippen LogP contribution is -2.42. The molecule has 2 aliphatic heterocycles. The number of carbonyl (C=O) groups is 3. The van der Waals surface area contributed by atoms with E-state index >= 15 is 0 Å². The summed E-state index contributed by atoms with van der Waals surface area (Å²) in [5.74, 6) is -2.96. The number of halogens is 1. The van der Waals surface area contributed by atoms with Gasteiger partial charge in [-0.3, -0.25) is 4.79 Å². The van der Waals surface area contributed by atoms with Crippen LogP contribution in [0, 0.1) is 0 Å². The highest BCUT2D eigenvalue weighted by Gasteiger charge is 2.39. The quantitative estimate of drug-likeness (QED) is 0.494. The predicted octanol–water partition coefficient (Wildman–Crippen LogP) is 2.71. The second-order valence-corrected chi connectivity index (χ2v) is 6.98. The van der Waals surface area contributed by atoms with Crippen molar-refractivity contribution >= 4 is 35.1 Å². The molecule has 0 unspecified atom stereocenters. The first kappa shape index (κ1) is 18.3. The van der Waals surface area contributed by atoms with Gasteiger partial charge in [0.25, 0.3) is 11.7 Å². The van der Waals surface area contributed by atoms with Crippen molar-refractivity contribution in [1.82, 2.24) is 4.90 Å². The number of cyclic esters (lactones) is 2. The monoisotopic (exact) mass is 378 g/mol. The van der Waals surface area contributed by atoms with E-state index in [2.05, 4.69) is 5.32 Å². The molecule has 138 valence electrons. The molecule has 0 spiro atoms. The number of benzene rings is 1. The summed E-state index contributed by atoms with van der Waals surface area (Å²) < 4.78 is 10.0. The largest absolute Gasteiger partial charge is 0.419 e. The predicted molar refractivity (Wildman–Crippen MR) is 94.6 cm³/mol. The molecule has 1 N–H and O–H groups in total. The molecule has 8 heteroatoms. The smallest absolute Gasteiger partial charge is 0.350 e. The average molecular weight is 379 g/mol. The minimum absolute atomic E-state index is 0.0758. The number of ether oxygens (including phenoxy) is 2. The van der Waals surface area contributed by atoms with E-state index in [4.69, 9.17) is 21.1 Å². The van der Waals surface area contributed by atoms with Gasteiger partial charge < -0.3 is 19.7 Å². The highest BCUT2D eigenvalue weighted by atomic mass is 35.5. The molecule has 0 radical (unpaired) electrons. The summed E-state index contributed by atoms with van der Waals surface area (Å²) in [4.78, 5) is 38.2. The van der Waals surface area contributed by atoms with Crippen LogP contribution in [0.15, 0.2) is 30.0 Å². The van der Waals surface area contributed by atoms with Crippen LogP contribution < -0.4 is 5.32 Å². The van der Waals surface area contributed by atoms with Crippen molar-refractivity contribution in [2.75, 3.05) is 18.4 Å². The number of nitrogens with one attached hydrogen (secondary N) is 1. The Balaban J connectivity index is 1.79. The Bertz CT molecular complexity index is 775. The Morgan fingerprint density at radius 2 is 1.81 bits per heavy atom. The van der Waals surface area contributed by atoms with E-state index in [1.165, 1.54) is 20.0 Å². The Morgan fingerprint density at radius 3 is 2.42 bits per heavy atom. The molecule has 0 aromatic heterocycles. The van der Waals surface area contributed by atoms with Gasteiger partial charge in [-0.25, -0.2) is 9.59 Å². The minimum atomic E-state index is -1.30. The van der Waals surface area contributed by atoms with Gasteiger partial charge in [0.2, 0.25) is 0 Å². The van der Waals surface area contributed by atoms with E-state index in [1.807, 2.05) is 0 Å². The van der Waals surface area contributed by atoms with Crippen LogP contribution in [0.5, 0.6) is 0 Å². The fourth-order valence-electron chi connectivity index (χ4n) is 2.80. The fraction of sp³-hybridized carbons (Fsp3) is 0.389. The Hall–Kier alpha value is -2.54. The first-order chi connectivity index (χ1) is 12.3. The normalized spacial score (nSPS) is 19.0. The van der Waals surface area contributed by atoms with Gasteiger partial charge in [-0.15, -0.1) is 0 Å². The lowest BCUT2D eigenvalue weighted by Gasteiger charge is -2.29. The van der Waals surface area contributed by atoms with E-state index in [9.17, 15) is 14.4 Å². The molecule has 0 saturated carbocycles. The van der Waals surface area contributed by atoms with Gasteiger partial charge in [-0.1, -0.05) is 11.6 Å². The molecule has 0 bridgehead atoms. The van der Waals surface area contributed by atoms with Crippen LogP contribution in [0.4, 0.5) is 5.69 Å². The van der Waals surface area contributed by atoms with Gasteiger partial charge in [-0.05, 0) is 31.0 Å². The molecule has 1 amide bonds. The maximum Gasteiger partial charge on any atom is 0.350 e. The zero-order valence-electron chi connectivity index (χ0n) is 14.5. The summed E-state index contributed by atoms with van der Waals surface area (Å²) in [6.45, 7) is 4.41.